The van der Waals surface area contributed by atoms with E-state index in [0.717, 1.165) is 11.3 Å². The first-order valence-electron chi connectivity index (χ1n) is 6.47. The number of primary amides is 1. The van der Waals surface area contributed by atoms with Gasteiger partial charge in [0.2, 0.25) is 0 Å². The van der Waals surface area contributed by atoms with Gasteiger partial charge < -0.3 is 16.2 Å². The van der Waals surface area contributed by atoms with Crippen molar-refractivity contribution < 1.29 is 19.5 Å². The number of anilines is 1. The Morgan fingerprint density at radius 3 is 2.57 bits per heavy atom. The zero-order valence-corrected chi connectivity index (χ0v) is 12.8. The number of hydrogen-bond donors (Lipinski definition) is 4. The molecule has 2 rings (SSSR count). The summed E-state index contributed by atoms with van der Waals surface area (Å²) < 4.78 is 0. The molecule has 10 heteroatoms. The van der Waals surface area contributed by atoms with Crippen LogP contribution in [-0.4, -0.2) is 39.5 Å². The number of carbonyl (C=O) groups is 3. The summed E-state index contributed by atoms with van der Waals surface area (Å²) in [4.78, 5) is 41.5. The second-order valence-electron chi connectivity index (χ2n) is 4.28. The van der Waals surface area contributed by atoms with Crippen molar-refractivity contribution in [3.05, 3.63) is 28.9 Å². The first-order chi connectivity index (χ1) is 10.9. The molecular weight excluding hydrogens is 322 g/mol. The van der Waals surface area contributed by atoms with E-state index >= 15 is 0 Å². The Hall–Kier alpha value is -3.01. The monoisotopic (exact) mass is 335 g/mol. The molecule has 0 fully saturated rings. The van der Waals surface area contributed by atoms with Gasteiger partial charge in [0.1, 0.15) is 15.7 Å². The van der Waals surface area contributed by atoms with Gasteiger partial charge in [-0.25, -0.2) is 19.6 Å². The van der Waals surface area contributed by atoms with Crippen molar-refractivity contribution >= 4 is 35.1 Å². The van der Waals surface area contributed by atoms with Crippen LogP contribution < -0.4 is 16.4 Å². The van der Waals surface area contributed by atoms with Crippen LogP contribution >= 0.6 is 11.3 Å². The molecule has 2 aromatic rings. The molecule has 0 aromatic carbocycles. The molecule has 0 aliphatic heterocycles. The third-order valence-corrected chi connectivity index (χ3v) is 3.74. The topological polar surface area (TPSA) is 147 Å². The van der Waals surface area contributed by atoms with Crippen molar-refractivity contribution in [1.82, 2.24) is 15.3 Å². The highest BCUT2D eigenvalue weighted by molar-refractivity contribution is 7.17. The number of carboxylic acid groups (broad SMARTS) is 1. The van der Waals surface area contributed by atoms with Crippen LogP contribution in [0.1, 0.15) is 27.1 Å². The van der Waals surface area contributed by atoms with Gasteiger partial charge in [-0.15, -0.1) is 11.3 Å². The van der Waals surface area contributed by atoms with Gasteiger partial charge >= 0.3 is 12.0 Å². The quantitative estimate of drug-likeness (QED) is 0.644. The number of thiazole rings is 1. The molecule has 0 spiro atoms. The van der Waals surface area contributed by atoms with Gasteiger partial charge in [-0.3, -0.25) is 10.1 Å². The Balaban J connectivity index is 2.26. The predicted molar refractivity (Wildman–Crippen MR) is 83.5 cm³/mol. The summed E-state index contributed by atoms with van der Waals surface area (Å²) in [6.07, 6.45) is 1.41. The molecule has 120 valence electrons. The minimum absolute atomic E-state index is 0.225. The van der Waals surface area contributed by atoms with Crippen molar-refractivity contribution in [1.29, 1.82) is 0 Å². The summed E-state index contributed by atoms with van der Waals surface area (Å²) in [6, 6.07) is 2.76. The molecule has 23 heavy (non-hydrogen) atoms. The third kappa shape index (κ3) is 3.80. The highest BCUT2D eigenvalue weighted by Gasteiger charge is 2.22. The molecule has 2 aromatic heterocycles. The normalized spacial score (nSPS) is 10.1. The highest BCUT2D eigenvalue weighted by Crippen LogP contribution is 2.28. The number of aromatic carboxylic acids is 1. The second kappa shape index (κ2) is 6.83. The molecule has 0 saturated heterocycles. The number of aromatic nitrogens is 2. The fourth-order valence-corrected chi connectivity index (χ4v) is 2.57. The standard InChI is InChI=1S/C13H13N5O4S/c1-2-15-13(22)17-7-4-3-6(5-16-7)11-18-8(10(14)19)9(23-11)12(20)21/h3-5H,2H2,1H3,(H2,14,19)(H,20,21)(H2,15,16,17,22). The summed E-state index contributed by atoms with van der Waals surface area (Å²) in [5.74, 6) is -1.86. The van der Waals surface area contributed by atoms with Crippen molar-refractivity contribution in [2.75, 3.05) is 11.9 Å². The predicted octanol–water partition coefficient (Wildman–Crippen LogP) is 1.14. The van der Waals surface area contributed by atoms with E-state index in [2.05, 4.69) is 20.6 Å². The third-order valence-electron chi connectivity index (χ3n) is 2.64. The van der Waals surface area contributed by atoms with Crippen molar-refractivity contribution in [3.63, 3.8) is 0 Å². The molecule has 0 aliphatic rings. The Morgan fingerprint density at radius 1 is 1.35 bits per heavy atom. The summed E-state index contributed by atoms with van der Waals surface area (Å²) in [5.41, 5.74) is 5.34. The first kappa shape index (κ1) is 16.4. The number of urea groups is 1. The summed E-state index contributed by atoms with van der Waals surface area (Å²) in [6.45, 7) is 2.27. The highest BCUT2D eigenvalue weighted by atomic mass is 32.1. The minimum Gasteiger partial charge on any atom is -0.477 e. The van der Waals surface area contributed by atoms with E-state index < -0.39 is 11.9 Å². The fourth-order valence-electron chi connectivity index (χ4n) is 1.67. The number of carbonyl (C=O) groups excluding carboxylic acids is 2. The number of amides is 3. The number of carboxylic acids is 1. The number of nitrogens with two attached hydrogens (primary N) is 1. The van der Waals surface area contributed by atoms with Crippen molar-refractivity contribution in [2.24, 2.45) is 5.73 Å². The molecule has 0 bridgehead atoms. The van der Waals surface area contributed by atoms with Crippen LogP contribution in [0.25, 0.3) is 10.6 Å². The van der Waals surface area contributed by atoms with Crippen LogP contribution in [0.15, 0.2) is 18.3 Å². The van der Waals surface area contributed by atoms with Gasteiger partial charge in [0.25, 0.3) is 5.91 Å². The van der Waals surface area contributed by atoms with Gasteiger partial charge in [0, 0.05) is 18.3 Å². The zero-order valence-electron chi connectivity index (χ0n) is 12.0. The minimum atomic E-state index is -1.27. The molecule has 0 unspecified atom stereocenters. The van der Waals surface area contributed by atoms with Crippen LogP contribution in [0.4, 0.5) is 10.6 Å². The Kier molecular flexibility index (Phi) is 4.86. The molecule has 9 nitrogen and oxygen atoms in total. The lowest BCUT2D eigenvalue weighted by atomic mass is 10.3. The van der Waals surface area contributed by atoms with Gasteiger partial charge in [-0.1, -0.05) is 0 Å². The van der Waals surface area contributed by atoms with Crippen LogP contribution in [0.5, 0.6) is 0 Å². The van der Waals surface area contributed by atoms with Crippen LogP contribution in [-0.2, 0) is 0 Å². The molecule has 5 N–H and O–H groups in total. The Labute approximate surface area is 134 Å². The molecule has 0 atom stereocenters. The average Bonchev–Trinajstić information content (AvgIpc) is 2.94. The smallest absolute Gasteiger partial charge is 0.348 e. The second-order valence-corrected chi connectivity index (χ2v) is 5.28. The Bertz CT molecular complexity index is 725. The van der Waals surface area contributed by atoms with E-state index in [1.165, 1.54) is 12.3 Å². The summed E-state index contributed by atoms with van der Waals surface area (Å²) in [7, 11) is 0. The maximum absolute atomic E-state index is 11.4. The number of rotatable bonds is 5. The van der Waals surface area contributed by atoms with E-state index in [0.29, 0.717) is 22.9 Å². The Morgan fingerprint density at radius 2 is 2.09 bits per heavy atom. The summed E-state index contributed by atoms with van der Waals surface area (Å²) >= 11 is 0.826. The SMILES string of the molecule is CCNC(=O)Nc1ccc(-c2nc(C(N)=O)c(C(=O)O)s2)cn1. The van der Waals surface area contributed by atoms with E-state index in [1.807, 2.05) is 0 Å². The largest absolute Gasteiger partial charge is 0.477 e. The molecule has 0 radical (unpaired) electrons. The van der Waals surface area contributed by atoms with E-state index in [1.54, 1.807) is 13.0 Å². The number of nitrogens with one attached hydrogen (secondary N) is 2. The molecule has 0 aliphatic carbocycles. The molecule has 0 saturated carbocycles. The lowest BCUT2D eigenvalue weighted by Crippen LogP contribution is -2.28. The number of pyridine rings is 1. The molecule has 2 heterocycles. The van der Waals surface area contributed by atoms with Crippen LogP contribution in [0.3, 0.4) is 0 Å². The van der Waals surface area contributed by atoms with Gasteiger partial charge in [0.05, 0.1) is 0 Å². The molecular formula is C13H13N5O4S. The number of hydrogen-bond acceptors (Lipinski definition) is 6. The first-order valence-corrected chi connectivity index (χ1v) is 7.29. The average molecular weight is 335 g/mol. The molecule has 3 amide bonds. The van der Waals surface area contributed by atoms with Gasteiger partial charge in [0.15, 0.2) is 5.69 Å². The fraction of sp³-hybridized carbons (Fsp3) is 0.154. The lowest BCUT2D eigenvalue weighted by Gasteiger charge is -2.05. The van der Waals surface area contributed by atoms with E-state index in [-0.39, 0.29) is 16.6 Å². The van der Waals surface area contributed by atoms with Crippen molar-refractivity contribution in [3.8, 4) is 10.6 Å². The van der Waals surface area contributed by atoms with Crippen LogP contribution in [0.2, 0.25) is 0 Å². The van der Waals surface area contributed by atoms with Gasteiger partial charge in [-0.2, -0.15) is 0 Å². The maximum Gasteiger partial charge on any atom is 0.348 e. The summed E-state index contributed by atoms with van der Waals surface area (Å²) in [5, 5.41) is 14.4. The van der Waals surface area contributed by atoms with Gasteiger partial charge in [-0.05, 0) is 19.1 Å². The maximum atomic E-state index is 11.4. The van der Waals surface area contributed by atoms with Crippen LogP contribution in [0, 0.1) is 0 Å². The lowest BCUT2D eigenvalue weighted by molar-refractivity contribution is 0.0697. The van der Waals surface area contributed by atoms with E-state index in [4.69, 9.17) is 10.8 Å². The number of nitrogens with zero attached hydrogens (tertiary/aromatic N) is 2. The van der Waals surface area contributed by atoms with Crippen molar-refractivity contribution in [2.45, 2.75) is 6.92 Å². The van der Waals surface area contributed by atoms with E-state index in [9.17, 15) is 14.4 Å². The zero-order chi connectivity index (χ0) is 17.0.